The largest absolute Gasteiger partial charge is 0.326 e. The number of aryl methyl sites for hydroxylation is 1. The summed E-state index contributed by atoms with van der Waals surface area (Å²) in [6.45, 7) is 2.49. The molecule has 1 heterocycles. The Balaban J connectivity index is 1.59. The van der Waals surface area contributed by atoms with Crippen molar-refractivity contribution in [3.8, 4) is 0 Å². The number of nitrogens with zero attached hydrogens (tertiary/aromatic N) is 1. The molecule has 0 bridgehead atoms. The average Bonchev–Trinajstić information content (AvgIpc) is 3.42. The minimum atomic E-state index is -3.29. The molecule has 1 saturated heterocycles. The van der Waals surface area contributed by atoms with E-state index in [4.69, 9.17) is 0 Å². The second-order valence-electron chi connectivity index (χ2n) is 8.46. The molecule has 4 rings (SSSR count). The van der Waals surface area contributed by atoms with Gasteiger partial charge in [-0.3, -0.25) is 4.79 Å². The zero-order chi connectivity index (χ0) is 19.2. The van der Waals surface area contributed by atoms with Crippen molar-refractivity contribution in [1.29, 1.82) is 0 Å². The lowest BCUT2D eigenvalue weighted by molar-refractivity contribution is -0.123. The first kappa shape index (κ1) is 18.9. The number of halogens is 1. The topological polar surface area (TPSA) is 66.5 Å². The number of carbonyl (C=O) groups is 1. The molecule has 27 heavy (non-hydrogen) atoms. The van der Waals surface area contributed by atoms with E-state index in [2.05, 4.69) is 5.32 Å². The molecule has 1 atom stereocenters. The Morgan fingerprint density at radius 1 is 1.22 bits per heavy atom. The number of sulfonamides is 1. The molecule has 3 fully saturated rings. The Kier molecular flexibility index (Phi) is 4.79. The predicted octanol–water partition coefficient (Wildman–Crippen LogP) is 3.45. The molecule has 0 aromatic heterocycles. The fourth-order valence-corrected chi connectivity index (χ4v) is 6.75. The van der Waals surface area contributed by atoms with Gasteiger partial charge in [-0.15, -0.1) is 0 Å². The Labute approximate surface area is 160 Å². The number of amides is 1. The molecule has 1 amide bonds. The molecule has 1 aromatic rings. The van der Waals surface area contributed by atoms with Crippen LogP contribution in [0.2, 0.25) is 0 Å². The molecule has 2 aliphatic carbocycles. The van der Waals surface area contributed by atoms with Gasteiger partial charge in [-0.05, 0) is 61.8 Å². The highest BCUT2D eigenvalue weighted by Gasteiger charge is 2.55. The Morgan fingerprint density at radius 3 is 2.56 bits per heavy atom. The standard InChI is InChI=1S/C20H27FN2O3S/c1-14-11-15(21)5-8-18(14)22-19(24)17-12-23(27(25,26)16-6-7-16)13-20(17)9-3-2-4-10-20/h5,8,11,16-17H,2-4,6-7,9-10,12-13H2,1H3,(H,22,24). The number of hydrogen-bond acceptors (Lipinski definition) is 3. The van der Waals surface area contributed by atoms with Gasteiger partial charge in [0, 0.05) is 18.8 Å². The first-order valence-corrected chi connectivity index (χ1v) is 11.4. The molecule has 0 radical (unpaired) electrons. The van der Waals surface area contributed by atoms with Gasteiger partial charge >= 0.3 is 0 Å². The summed E-state index contributed by atoms with van der Waals surface area (Å²) in [5, 5.41) is 2.69. The molecule has 1 unspecified atom stereocenters. The number of anilines is 1. The summed E-state index contributed by atoms with van der Waals surface area (Å²) in [5.41, 5.74) is 0.996. The first-order valence-electron chi connectivity index (χ1n) is 9.88. The molecular formula is C20H27FN2O3S. The van der Waals surface area contributed by atoms with E-state index in [1.54, 1.807) is 17.3 Å². The van der Waals surface area contributed by atoms with E-state index in [1.165, 1.54) is 12.1 Å². The fourth-order valence-electron chi connectivity index (χ4n) is 4.80. The van der Waals surface area contributed by atoms with E-state index in [0.717, 1.165) is 44.9 Å². The molecule has 148 valence electrons. The number of carbonyl (C=O) groups excluding carboxylic acids is 1. The summed E-state index contributed by atoms with van der Waals surface area (Å²) in [4.78, 5) is 13.2. The van der Waals surface area contributed by atoms with Gasteiger partial charge in [0.25, 0.3) is 0 Å². The van der Waals surface area contributed by atoms with Crippen LogP contribution in [0, 0.1) is 24.1 Å². The van der Waals surface area contributed by atoms with Crippen LogP contribution >= 0.6 is 0 Å². The highest BCUT2D eigenvalue weighted by Crippen LogP contribution is 2.50. The van der Waals surface area contributed by atoms with Crippen molar-refractivity contribution in [2.45, 2.75) is 57.1 Å². The van der Waals surface area contributed by atoms with Crippen LogP contribution in [-0.2, 0) is 14.8 Å². The summed E-state index contributed by atoms with van der Waals surface area (Å²) < 4.78 is 40.5. The summed E-state index contributed by atoms with van der Waals surface area (Å²) in [7, 11) is -3.29. The molecule has 1 N–H and O–H groups in total. The van der Waals surface area contributed by atoms with Crippen LogP contribution in [0.1, 0.15) is 50.5 Å². The first-order chi connectivity index (χ1) is 12.8. The minimum Gasteiger partial charge on any atom is -0.326 e. The van der Waals surface area contributed by atoms with Crippen LogP contribution < -0.4 is 5.32 Å². The Hall–Kier alpha value is -1.47. The highest BCUT2D eigenvalue weighted by atomic mass is 32.2. The summed E-state index contributed by atoms with van der Waals surface area (Å²) >= 11 is 0. The van der Waals surface area contributed by atoms with Crippen LogP contribution in [-0.4, -0.2) is 37.0 Å². The van der Waals surface area contributed by atoms with E-state index in [1.807, 2.05) is 0 Å². The average molecular weight is 395 g/mol. The van der Waals surface area contributed by atoms with Crippen molar-refractivity contribution >= 4 is 21.6 Å². The maximum absolute atomic E-state index is 13.3. The van der Waals surface area contributed by atoms with Crippen LogP contribution in [0.25, 0.3) is 0 Å². The predicted molar refractivity (Wildman–Crippen MR) is 102 cm³/mol. The number of nitrogens with one attached hydrogen (secondary N) is 1. The zero-order valence-corrected chi connectivity index (χ0v) is 16.5. The third-order valence-corrected chi connectivity index (χ3v) is 8.85. The number of hydrogen-bond donors (Lipinski definition) is 1. The van der Waals surface area contributed by atoms with Crippen molar-refractivity contribution in [2.75, 3.05) is 18.4 Å². The molecule has 3 aliphatic rings. The monoisotopic (exact) mass is 394 g/mol. The van der Waals surface area contributed by atoms with Gasteiger partial charge in [0.1, 0.15) is 5.82 Å². The van der Waals surface area contributed by atoms with Crippen LogP contribution in [0.5, 0.6) is 0 Å². The third-order valence-electron chi connectivity index (χ3n) is 6.53. The molecule has 1 aliphatic heterocycles. The van der Waals surface area contributed by atoms with Gasteiger partial charge in [-0.1, -0.05) is 19.3 Å². The minimum absolute atomic E-state index is 0.139. The van der Waals surface area contributed by atoms with Crippen molar-refractivity contribution in [1.82, 2.24) is 4.31 Å². The van der Waals surface area contributed by atoms with Crippen molar-refractivity contribution < 1.29 is 17.6 Å². The lowest BCUT2D eigenvalue weighted by atomic mass is 9.67. The smallest absolute Gasteiger partial charge is 0.229 e. The van der Waals surface area contributed by atoms with Gasteiger partial charge in [0.05, 0.1) is 11.2 Å². The quantitative estimate of drug-likeness (QED) is 0.851. The molecule has 5 nitrogen and oxygen atoms in total. The molecule has 2 saturated carbocycles. The van der Waals surface area contributed by atoms with E-state index in [9.17, 15) is 17.6 Å². The van der Waals surface area contributed by atoms with Crippen LogP contribution in [0.4, 0.5) is 10.1 Å². The fraction of sp³-hybridized carbons (Fsp3) is 0.650. The number of benzene rings is 1. The highest BCUT2D eigenvalue weighted by molar-refractivity contribution is 7.90. The Bertz CT molecular complexity index is 845. The van der Waals surface area contributed by atoms with Gasteiger partial charge < -0.3 is 5.32 Å². The van der Waals surface area contributed by atoms with Gasteiger partial charge in [-0.25, -0.2) is 17.1 Å². The third kappa shape index (κ3) is 3.51. The van der Waals surface area contributed by atoms with E-state index < -0.39 is 10.0 Å². The SMILES string of the molecule is Cc1cc(F)ccc1NC(=O)C1CN(S(=O)(=O)C2CC2)CC12CCCCC2. The second kappa shape index (κ2) is 6.85. The van der Waals surface area contributed by atoms with E-state index in [-0.39, 0.29) is 34.9 Å². The van der Waals surface area contributed by atoms with Gasteiger partial charge in [0.2, 0.25) is 15.9 Å². The molecule has 7 heteroatoms. The lowest BCUT2D eigenvalue weighted by Gasteiger charge is -2.37. The molecular weight excluding hydrogens is 367 g/mol. The maximum atomic E-state index is 13.3. The molecule has 1 spiro atoms. The summed E-state index contributed by atoms with van der Waals surface area (Å²) in [6.07, 6.45) is 6.47. The number of rotatable bonds is 4. The van der Waals surface area contributed by atoms with E-state index >= 15 is 0 Å². The van der Waals surface area contributed by atoms with Crippen molar-refractivity contribution in [2.24, 2.45) is 11.3 Å². The lowest BCUT2D eigenvalue weighted by Crippen LogP contribution is -2.39. The van der Waals surface area contributed by atoms with Crippen molar-refractivity contribution in [3.05, 3.63) is 29.6 Å². The van der Waals surface area contributed by atoms with Crippen LogP contribution in [0.15, 0.2) is 18.2 Å². The molecule has 1 aromatic carbocycles. The maximum Gasteiger partial charge on any atom is 0.229 e. The van der Waals surface area contributed by atoms with Crippen LogP contribution in [0.3, 0.4) is 0 Å². The van der Waals surface area contributed by atoms with Gasteiger partial charge in [0.15, 0.2) is 0 Å². The zero-order valence-electron chi connectivity index (χ0n) is 15.7. The summed E-state index contributed by atoms with van der Waals surface area (Å²) in [6, 6.07) is 4.30. The van der Waals surface area contributed by atoms with E-state index in [0.29, 0.717) is 17.8 Å². The summed E-state index contributed by atoms with van der Waals surface area (Å²) in [5.74, 6) is -0.826. The Morgan fingerprint density at radius 2 is 1.93 bits per heavy atom. The van der Waals surface area contributed by atoms with Crippen molar-refractivity contribution in [3.63, 3.8) is 0 Å². The second-order valence-corrected chi connectivity index (χ2v) is 10.7. The van der Waals surface area contributed by atoms with Gasteiger partial charge in [-0.2, -0.15) is 0 Å². The normalized spacial score (nSPS) is 25.6.